The van der Waals surface area contributed by atoms with Crippen LogP contribution in [0.1, 0.15) is 43.4 Å². The summed E-state index contributed by atoms with van der Waals surface area (Å²) in [4.78, 5) is 31.3. The van der Waals surface area contributed by atoms with Gasteiger partial charge in [-0.2, -0.15) is 10.5 Å². The Labute approximate surface area is 176 Å². The van der Waals surface area contributed by atoms with Crippen LogP contribution in [0.3, 0.4) is 0 Å². The summed E-state index contributed by atoms with van der Waals surface area (Å²) in [6, 6.07) is 10.3. The van der Waals surface area contributed by atoms with Crippen molar-refractivity contribution >= 4 is 11.8 Å². The normalized spacial score (nSPS) is 27.7. The number of hydrogen-bond acceptors (Lipinski definition) is 6. The second-order valence-electron chi connectivity index (χ2n) is 8.44. The Bertz CT molecular complexity index is 917. The minimum absolute atomic E-state index is 0.0684. The number of likely N-dealkylation sites (tertiary alicyclic amines) is 3. The fourth-order valence-corrected chi connectivity index (χ4v) is 5.10. The zero-order valence-corrected chi connectivity index (χ0v) is 17.1. The number of nitrogens with zero attached hydrogens (tertiary/aromatic N) is 5. The van der Waals surface area contributed by atoms with Gasteiger partial charge >= 0.3 is 0 Å². The van der Waals surface area contributed by atoms with E-state index < -0.39 is 6.04 Å². The van der Waals surface area contributed by atoms with Gasteiger partial charge in [0.15, 0.2) is 0 Å². The number of hydrogen-bond donors (Lipinski definition) is 1. The average molecular weight is 406 g/mol. The van der Waals surface area contributed by atoms with Gasteiger partial charge in [-0.15, -0.1) is 0 Å². The number of nitriles is 2. The second-order valence-corrected chi connectivity index (χ2v) is 8.44. The lowest BCUT2D eigenvalue weighted by Gasteiger charge is -2.38. The molecule has 0 radical (unpaired) electrons. The van der Waals surface area contributed by atoms with Crippen molar-refractivity contribution in [1.29, 1.82) is 10.5 Å². The first-order valence-corrected chi connectivity index (χ1v) is 10.5. The zero-order chi connectivity index (χ0) is 21.4. The van der Waals surface area contributed by atoms with Crippen LogP contribution < -0.4 is 5.73 Å². The van der Waals surface area contributed by atoms with Gasteiger partial charge in [-0.3, -0.25) is 14.5 Å². The zero-order valence-electron chi connectivity index (χ0n) is 17.1. The first kappa shape index (κ1) is 20.3. The molecule has 5 unspecified atom stereocenters. The highest BCUT2D eigenvalue weighted by Gasteiger charge is 2.51. The molecular weight excluding hydrogens is 380 g/mol. The number of benzene rings is 1. The summed E-state index contributed by atoms with van der Waals surface area (Å²) in [7, 11) is 0. The highest BCUT2D eigenvalue weighted by Crippen LogP contribution is 2.38. The molecule has 1 aromatic carbocycles. The first-order valence-electron chi connectivity index (χ1n) is 10.5. The minimum atomic E-state index is -0.726. The van der Waals surface area contributed by atoms with Gasteiger partial charge in [-0.1, -0.05) is 12.1 Å². The van der Waals surface area contributed by atoms with E-state index >= 15 is 0 Å². The van der Waals surface area contributed by atoms with E-state index in [2.05, 4.69) is 12.1 Å². The molecule has 2 N–H and O–H groups in total. The maximum absolute atomic E-state index is 13.1. The van der Waals surface area contributed by atoms with Crippen LogP contribution >= 0.6 is 0 Å². The minimum Gasteiger partial charge on any atom is -0.330 e. The van der Waals surface area contributed by atoms with E-state index in [4.69, 9.17) is 11.0 Å². The van der Waals surface area contributed by atoms with Gasteiger partial charge in [0.2, 0.25) is 11.8 Å². The Morgan fingerprint density at radius 1 is 1.30 bits per heavy atom. The van der Waals surface area contributed by atoms with Crippen molar-refractivity contribution in [3.05, 3.63) is 35.4 Å². The van der Waals surface area contributed by atoms with Crippen molar-refractivity contribution in [3.63, 3.8) is 0 Å². The lowest BCUT2D eigenvalue weighted by atomic mass is 10.0. The molecule has 0 aliphatic carbocycles. The number of nitrogens with two attached hydrogens (primary N) is 1. The fraction of sp³-hybridized carbons (Fsp3) is 0.545. The molecular formula is C22H26N6O2. The van der Waals surface area contributed by atoms with Crippen LogP contribution in [-0.4, -0.2) is 70.3 Å². The fourth-order valence-electron chi connectivity index (χ4n) is 5.10. The van der Waals surface area contributed by atoms with Crippen LogP contribution in [0.4, 0.5) is 0 Å². The molecule has 8 nitrogen and oxygen atoms in total. The Kier molecular flexibility index (Phi) is 5.46. The van der Waals surface area contributed by atoms with E-state index in [9.17, 15) is 14.9 Å². The van der Waals surface area contributed by atoms with E-state index in [1.54, 1.807) is 17.0 Å². The van der Waals surface area contributed by atoms with Gasteiger partial charge in [-0.25, -0.2) is 0 Å². The number of piperazine rings is 1. The van der Waals surface area contributed by atoms with E-state index in [-0.39, 0.29) is 36.0 Å². The maximum Gasteiger partial charge on any atom is 0.241 e. The van der Waals surface area contributed by atoms with Crippen molar-refractivity contribution in [1.82, 2.24) is 14.7 Å². The summed E-state index contributed by atoms with van der Waals surface area (Å²) in [5.41, 5.74) is 7.79. The van der Waals surface area contributed by atoms with Gasteiger partial charge in [0, 0.05) is 25.7 Å². The highest BCUT2D eigenvalue weighted by atomic mass is 16.2. The van der Waals surface area contributed by atoms with Crippen LogP contribution in [0, 0.1) is 22.7 Å². The summed E-state index contributed by atoms with van der Waals surface area (Å²) in [5.74, 6) is -0.129. The molecule has 8 heteroatoms. The van der Waals surface area contributed by atoms with Gasteiger partial charge in [-0.05, 0) is 43.9 Å². The molecule has 3 saturated heterocycles. The molecule has 4 rings (SSSR count). The summed E-state index contributed by atoms with van der Waals surface area (Å²) < 4.78 is 0. The van der Waals surface area contributed by atoms with Gasteiger partial charge in [0.05, 0.1) is 35.8 Å². The lowest BCUT2D eigenvalue weighted by molar-refractivity contribution is -0.140. The number of carbonyl (C=O) groups excluding carboxylic acids is 2. The standard InChI is InChI=1S/C22H26N6O2/c1-14(16-6-4-15(10-23)5-7-16)28-18-9-20(22(28)30)26(12-18)13-19(25)21(29)27-8-2-3-17(27)11-24/h4-7,14,17-20H,2-3,8-9,12-13,25H2,1H3. The smallest absolute Gasteiger partial charge is 0.241 e. The summed E-state index contributed by atoms with van der Waals surface area (Å²) in [5, 5.41) is 18.2. The Morgan fingerprint density at radius 3 is 2.67 bits per heavy atom. The molecule has 3 fully saturated rings. The molecule has 156 valence electrons. The molecule has 30 heavy (non-hydrogen) atoms. The summed E-state index contributed by atoms with van der Waals surface area (Å²) >= 11 is 0. The van der Waals surface area contributed by atoms with Crippen molar-refractivity contribution in [3.8, 4) is 12.1 Å². The molecule has 0 saturated carbocycles. The van der Waals surface area contributed by atoms with Crippen molar-refractivity contribution < 1.29 is 9.59 Å². The molecule has 3 aliphatic rings. The topological polar surface area (TPSA) is 117 Å². The number of amides is 2. The van der Waals surface area contributed by atoms with E-state index in [1.165, 1.54) is 0 Å². The van der Waals surface area contributed by atoms with Crippen LogP contribution in [0.15, 0.2) is 24.3 Å². The Hall–Kier alpha value is -2.94. The third-order valence-electron chi connectivity index (χ3n) is 6.69. The Balaban J connectivity index is 1.39. The molecule has 2 bridgehead atoms. The second kappa shape index (κ2) is 8.06. The molecule has 2 amide bonds. The van der Waals surface area contributed by atoms with Gasteiger partial charge in [0.25, 0.3) is 0 Å². The predicted octanol–water partition coefficient (Wildman–Crippen LogP) is 0.746. The number of carbonyl (C=O) groups is 2. The van der Waals surface area contributed by atoms with E-state index in [0.29, 0.717) is 31.6 Å². The Morgan fingerprint density at radius 2 is 2.03 bits per heavy atom. The molecule has 0 aromatic heterocycles. The molecule has 3 heterocycles. The van der Waals surface area contributed by atoms with Crippen LogP contribution in [0.2, 0.25) is 0 Å². The van der Waals surface area contributed by atoms with E-state index in [0.717, 1.165) is 18.4 Å². The van der Waals surface area contributed by atoms with Crippen LogP contribution in [0.25, 0.3) is 0 Å². The third kappa shape index (κ3) is 3.43. The SMILES string of the molecule is CC(c1ccc(C#N)cc1)N1C(=O)C2CC1CN2CC(N)C(=O)N1CCCC1C#N. The summed E-state index contributed by atoms with van der Waals surface area (Å²) in [6.07, 6.45) is 2.26. The maximum atomic E-state index is 13.1. The predicted molar refractivity (Wildman–Crippen MR) is 109 cm³/mol. The third-order valence-corrected chi connectivity index (χ3v) is 6.69. The molecule has 0 spiro atoms. The average Bonchev–Trinajstić information content (AvgIpc) is 3.47. The van der Waals surface area contributed by atoms with Crippen molar-refractivity contribution in [2.75, 3.05) is 19.6 Å². The summed E-state index contributed by atoms with van der Waals surface area (Å²) in [6.45, 7) is 3.61. The number of rotatable bonds is 5. The van der Waals surface area contributed by atoms with Crippen LogP contribution in [0.5, 0.6) is 0 Å². The van der Waals surface area contributed by atoms with Crippen LogP contribution in [-0.2, 0) is 9.59 Å². The van der Waals surface area contributed by atoms with Crippen molar-refractivity contribution in [2.24, 2.45) is 5.73 Å². The lowest BCUT2D eigenvalue weighted by Crippen LogP contribution is -2.56. The largest absolute Gasteiger partial charge is 0.330 e. The first-order chi connectivity index (χ1) is 14.4. The molecule has 3 aliphatic heterocycles. The van der Waals surface area contributed by atoms with Gasteiger partial charge < -0.3 is 15.5 Å². The van der Waals surface area contributed by atoms with E-state index in [1.807, 2.05) is 28.9 Å². The van der Waals surface area contributed by atoms with Crippen molar-refractivity contribution in [2.45, 2.75) is 56.4 Å². The molecule has 5 atom stereocenters. The number of fused-ring (bicyclic) bond motifs is 2. The highest BCUT2D eigenvalue weighted by molar-refractivity contribution is 5.87. The quantitative estimate of drug-likeness (QED) is 0.771. The molecule has 1 aromatic rings. The monoisotopic (exact) mass is 406 g/mol. The van der Waals surface area contributed by atoms with Gasteiger partial charge in [0.1, 0.15) is 6.04 Å².